The van der Waals surface area contributed by atoms with E-state index in [0.29, 0.717) is 5.54 Å². The molecule has 0 spiro atoms. The van der Waals surface area contributed by atoms with Crippen LogP contribution in [0.3, 0.4) is 0 Å². The molecule has 2 heteroatoms. The minimum Gasteiger partial charge on any atom is -0.308 e. The van der Waals surface area contributed by atoms with Crippen LogP contribution in [-0.4, -0.2) is 35.6 Å². The summed E-state index contributed by atoms with van der Waals surface area (Å²) >= 11 is 0. The normalized spacial score (nSPS) is 46.8. The Labute approximate surface area is 125 Å². The van der Waals surface area contributed by atoms with E-state index in [-0.39, 0.29) is 0 Å². The zero-order valence-corrected chi connectivity index (χ0v) is 14.0. The number of nitrogens with one attached hydrogen (secondary N) is 1. The number of nitrogens with zero attached hydrogens (tertiary/aromatic N) is 1. The summed E-state index contributed by atoms with van der Waals surface area (Å²) in [4.78, 5) is 2.93. The van der Waals surface area contributed by atoms with Crippen LogP contribution >= 0.6 is 0 Å². The van der Waals surface area contributed by atoms with Crippen LogP contribution in [0.5, 0.6) is 0 Å². The summed E-state index contributed by atoms with van der Waals surface area (Å²) in [5, 5.41) is 3.91. The van der Waals surface area contributed by atoms with Crippen LogP contribution in [0.15, 0.2) is 0 Å². The fourth-order valence-corrected chi connectivity index (χ4v) is 5.06. The molecule has 1 heterocycles. The molecule has 20 heavy (non-hydrogen) atoms. The maximum atomic E-state index is 3.91. The van der Waals surface area contributed by atoms with Crippen molar-refractivity contribution in [3.8, 4) is 0 Å². The van der Waals surface area contributed by atoms with E-state index in [0.717, 1.165) is 29.8 Å². The third kappa shape index (κ3) is 2.54. The van der Waals surface area contributed by atoms with Crippen LogP contribution in [0, 0.1) is 17.8 Å². The van der Waals surface area contributed by atoms with Crippen molar-refractivity contribution in [1.29, 1.82) is 0 Å². The molecule has 2 nitrogen and oxygen atoms in total. The van der Waals surface area contributed by atoms with E-state index < -0.39 is 0 Å². The average Bonchev–Trinajstić information content (AvgIpc) is 3.23. The van der Waals surface area contributed by atoms with Gasteiger partial charge in [-0.25, -0.2) is 0 Å². The lowest BCUT2D eigenvalue weighted by Gasteiger charge is -2.50. The van der Waals surface area contributed by atoms with Crippen molar-refractivity contribution in [2.24, 2.45) is 17.8 Å². The zero-order chi connectivity index (χ0) is 14.3. The highest BCUT2D eigenvalue weighted by Gasteiger charge is 2.48. The van der Waals surface area contributed by atoms with Crippen LogP contribution in [0.4, 0.5) is 0 Å². The molecular formula is C18H34N2. The summed E-state index contributed by atoms with van der Waals surface area (Å²) < 4.78 is 0. The zero-order valence-electron chi connectivity index (χ0n) is 14.0. The Balaban J connectivity index is 1.74. The molecule has 0 amide bonds. The fraction of sp³-hybridized carbons (Fsp3) is 1.00. The van der Waals surface area contributed by atoms with E-state index in [1.807, 2.05) is 0 Å². The van der Waals surface area contributed by atoms with Gasteiger partial charge in [0.05, 0.1) is 0 Å². The van der Waals surface area contributed by atoms with Crippen LogP contribution < -0.4 is 5.32 Å². The van der Waals surface area contributed by atoms with Crippen LogP contribution in [0.1, 0.15) is 66.2 Å². The summed E-state index contributed by atoms with van der Waals surface area (Å²) in [6, 6.07) is 1.62. The lowest BCUT2D eigenvalue weighted by atomic mass is 9.86. The predicted octanol–water partition coefficient (Wildman–Crippen LogP) is 3.66. The van der Waals surface area contributed by atoms with Gasteiger partial charge in [0, 0.05) is 30.7 Å². The standard InChI is InChI=1S/C18H34N2/c1-5-14-7-10-17(13(14)3)20-12-18(4,15-8-9-15)19-11-16(20)6-2/h13-17,19H,5-12H2,1-4H3. The van der Waals surface area contributed by atoms with E-state index in [9.17, 15) is 0 Å². The number of hydrogen-bond donors (Lipinski definition) is 1. The van der Waals surface area contributed by atoms with Gasteiger partial charge in [0.1, 0.15) is 0 Å². The van der Waals surface area contributed by atoms with Gasteiger partial charge in [-0.1, -0.05) is 27.2 Å². The van der Waals surface area contributed by atoms with Gasteiger partial charge in [-0.2, -0.15) is 0 Å². The monoisotopic (exact) mass is 278 g/mol. The van der Waals surface area contributed by atoms with Gasteiger partial charge < -0.3 is 5.32 Å². The highest BCUT2D eigenvalue weighted by Crippen LogP contribution is 2.44. The van der Waals surface area contributed by atoms with Crippen molar-refractivity contribution in [2.75, 3.05) is 13.1 Å². The average molecular weight is 278 g/mol. The Morgan fingerprint density at radius 1 is 1.10 bits per heavy atom. The molecule has 5 atom stereocenters. The van der Waals surface area contributed by atoms with Crippen LogP contribution in [0.2, 0.25) is 0 Å². The first-order valence-electron chi connectivity index (χ1n) is 9.09. The van der Waals surface area contributed by atoms with Gasteiger partial charge in [0.2, 0.25) is 0 Å². The van der Waals surface area contributed by atoms with Crippen molar-refractivity contribution in [3.05, 3.63) is 0 Å². The van der Waals surface area contributed by atoms with E-state index in [4.69, 9.17) is 0 Å². The molecule has 1 N–H and O–H groups in total. The topological polar surface area (TPSA) is 15.3 Å². The van der Waals surface area contributed by atoms with Gasteiger partial charge >= 0.3 is 0 Å². The Hall–Kier alpha value is -0.0800. The summed E-state index contributed by atoms with van der Waals surface area (Å²) in [6.45, 7) is 12.3. The maximum absolute atomic E-state index is 3.91. The Bertz CT molecular complexity index is 338. The molecule has 3 fully saturated rings. The fourth-order valence-electron chi connectivity index (χ4n) is 5.06. The van der Waals surface area contributed by atoms with Crippen molar-refractivity contribution in [1.82, 2.24) is 10.2 Å². The Kier molecular flexibility index (Phi) is 4.16. The lowest BCUT2D eigenvalue weighted by molar-refractivity contribution is 0.0214. The molecule has 116 valence electrons. The van der Waals surface area contributed by atoms with Crippen LogP contribution in [0.25, 0.3) is 0 Å². The maximum Gasteiger partial charge on any atom is 0.0309 e. The number of rotatable bonds is 4. The quantitative estimate of drug-likeness (QED) is 0.844. The molecular weight excluding hydrogens is 244 g/mol. The first-order valence-corrected chi connectivity index (χ1v) is 9.09. The summed E-state index contributed by atoms with van der Waals surface area (Å²) in [7, 11) is 0. The summed E-state index contributed by atoms with van der Waals surface area (Å²) in [5.74, 6) is 2.82. The molecule has 0 radical (unpaired) electrons. The first kappa shape index (κ1) is 14.8. The molecule has 0 aromatic rings. The number of piperazine rings is 1. The van der Waals surface area contributed by atoms with Crippen LogP contribution in [-0.2, 0) is 0 Å². The SMILES string of the molecule is CCC1CCC(N2CC(C)(C3CC3)NCC2CC)C1C. The highest BCUT2D eigenvalue weighted by molar-refractivity contribution is 5.06. The molecule has 0 bridgehead atoms. The minimum absolute atomic E-state index is 0.399. The van der Waals surface area contributed by atoms with Gasteiger partial charge in [-0.3, -0.25) is 4.90 Å². The second kappa shape index (κ2) is 5.61. The highest BCUT2D eigenvalue weighted by atomic mass is 15.3. The summed E-state index contributed by atoms with van der Waals surface area (Å²) in [5.41, 5.74) is 0.399. The smallest absolute Gasteiger partial charge is 0.0309 e. The molecule has 3 rings (SSSR count). The van der Waals surface area contributed by atoms with Crippen molar-refractivity contribution in [3.63, 3.8) is 0 Å². The Morgan fingerprint density at radius 3 is 2.40 bits per heavy atom. The third-order valence-corrected chi connectivity index (χ3v) is 6.81. The second-order valence-corrected chi connectivity index (χ2v) is 7.98. The van der Waals surface area contributed by atoms with Crippen molar-refractivity contribution >= 4 is 0 Å². The molecule has 0 aromatic heterocycles. The van der Waals surface area contributed by atoms with Crippen molar-refractivity contribution in [2.45, 2.75) is 83.8 Å². The first-order chi connectivity index (χ1) is 9.59. The van der Waals surface area contributed by atoms with Gasteiger partial charge in [-0.15, -0.1) is 0 Å². The van der Waals surface area contributed by atoms with Gasteiger partial charge in [-0.05, 0) is 56.8 Å². The largest absolute Gasteiger partial charge is 0.308 e. The van der Waals surface area contributed by atoms with E-state index >= 15 is 0 Å². The number of hydrogen-bond acceptors (Lipinski definition) is 2. The molecule has 1 aliphatic heterocycles. The van der Waals surface area contributed by atoms with E-state index in [1.54, 1.807) is 0 Å². The van der Waals surface area contributed by atoms with Gasteiger partial charge in [0.15, 0.2) is 0 Å². The molecule has 1 saturated heterocycles. The third-order valence-electron chi connectivity index (χ3n) is 6.81. The Morgan fingerprint density at radius 2 is 1.85 bits per heavy atom. The van der Waals surface area contributed by atoms with E-state index in [1.165, 1.54) is 51.6 Å². The van der Waals surface area contributed by atoms with Crippen molar-refractivity contribution < 1.29 is 0 Å². The van der Waals surface area contributed by atoms with Gasteiger partial charge in [0.25, 0.3) is 0 Å². The minimum atomic E-state index is 0.399. The van der Waals surface area contributed by atoms with E-state index in [2.05, 4.69) is 37.9 Å². The predicted molar refractivity (Wildman–Crippen MR) is 85.9 cm³/mol. The molecule has 5 unspecified atom stereocenters. The second-order valence-electron chi connectivity index (χ2n) is 7.98. The molecule has 2 aliphatic carbocycles. The molecule has 2 saturated carbocycles. The molecule has 3 aliphatic rings. The lowest BCUT2D eigenvalue weighted by Crippen LogP contribution is -2.66. The summed E-state index contributed by atoms with van der Waals surface area (Å²) in [6.07, 6.45) is 8.48. The molecule has 0 aromatic carbocycles.